The van der Waals surface area contributed by atoms with Crippen molar-refractivity contribution in [1.29, 1.82) is 0 Å². The first-order valence-electron chi connectivity index (χ1n) is 7.06. The Kier molecular flexibility index (Phi) is 3.29. The van der Waals surface area contributed by atoms with Gasteiger partial charge in [-0.3, -0.25) is 0 Å². The summed E-state index contributed by atoms with van der Waals surface area (Å²) < 4.78 is 5.49. The summed E-state index contributed by atoms with van der Waals surface area (Å²) in [5.74, 6) is 1.41. The van der Waals surface area contributed by atoms with E-state index >= 15 is 0 Å². The molecule has 106 valence electrons. The van der Waals surface area contributed by atoms with E-state index in [1.807, 2.05) is 6.07 Å². The molecule has 0 spiro atoms. The molecular formula is C16H15N3OS. The molecule has 0 aliphatic carbocycles. The van der Waals surface area contributed by atoms with E-state index in [1.165, 1.54) is 16.0 Å². The Balaban J connectivity index is 1.62. The molecule has 1 unspecified atom stereocenters. The molecule has 3 aromatic rings. The smallest absolute Gasteiger partial charge is 0.248 e. The fourth-order valence-electron chi connectivity index (χ4n) is 2.75. The highest BCUT2D eigenvalue weighted by molar-refractivity contribution is 7.09. The summed E-state index contributed by atoms with van der Waals surface area (Å²) in [4.78, 5) is 5.82. The Morgan fingerprint density at radius 2 is 2.19 bits per heavy atom. The highest BCUT2D eigenvalue weighted by atomic mass is 32.1. The van der Waals surface area contributed by atoms with E-state index in [9.17, 15) is 0 Å². The van der Waals surface area contributed by atoms with E-state index < -0.39 is 0 Å². The molecule has 1 aliphatic rings. The normalized spacial score (nSPS) is 17.6. The van der Waals surface area contributed by atoms with Gasteiger partial charge < -0.3 is 9.84 Å². The number of nitrogens with zero attached hydrogens (tertiary/aromatic N) is 2. The topological polar surface area (TPSA) is 51.0 Å². The van der Waals surface area contributed by atoms with Gasteiger partial charge in [0.2, 0.25) is 5.89 Å². The summed E-state index contributed by atoms with van der Waals surface area (Å²) in [7, 11) is 0. The largest absolute Gasteiger partial charge is 0.337 e. The minimum Gasteiger partial charge on any atom is -0.337 e. The van der Waals surface area contributed by atoms with Crippen LogP contribution >= 0.6 is 11.3 Å². The maximum absolute atomic E-state index is 5.49. The van der Waals surface area contributed by atoms with Crippen LogP contribution in [-0.2, 0) is 12.8 Å². The van der Waals surface area contributed by atoms with Gasteiger partial charge in [0.15, 0.2) is 5.82 Å². The quantitative estimate of drug-likeness (QED) is 0.807. The molecule has 21 heavy (non-hydrogen) atoms. The second-order valence-corrected chi connectivity index (χ2v) is 6.17. The summed E-state index contributed by atoms with van der Waals surface area (Å²) in [5, 5.41) is 9.65. The Bertz CT molecular complexity index is 736. The van der Waals surface area contributed by atoms with Crippen molar-refractivity contribution in [3.63, 3.8) is 0 Å². The number of hydrogen-bond donors (Lipinski definition) is 1. The fraction of sp³-hybridized carbons (Fsp3) is 0.250. The zero-order valence-electron chi connectivity index (χ0n) is 11.5. The van der Waals surface area contributed by atoms with Crippen LogP contribution in [0.3, 0.4) is 0 Å². The van der Waals surface area contributed by atoms with Gasteiger partial charge in [-0.05, 0) is 29.0 Å². The van der Waals surface area contributed by atoms with Crippen molar-refractivity contribution in [2.24, 2.45) is 0 Å². The highest BCUT2D eigenvalue weighted by Crippen LogP contribution is 2.27. The predicted octanol–water partition coefficient (Wildman–Crippen LogP) is 2.96. The van der Waals surface area contributed by atoms with Gasteiger partial charge in [0, 0.05) is 17.8 Å². The molecule has 1 aromatic carbocycles. The summed E-state index contributed by atoms with van der Waals surface area (Å²) in [6.07, 6.45) is 1.78. The molecule has 0 saturated carbocycles. The number of benzene rings is 1. The summed E-state index contributed by atoms with van der Waals surface area (Å²) in [6.45, 7) is 0.935. The Morgan fingerprint density at radius 3 is 3.10 bits per heavy atom. The second kappa shape index (κ2) is 5.42. The summed E-state index contributed by atoms with van der Waals surface area (Å²) >= 11 is 1.71. The van der Waals surface area contributed by atoms with Crippen LogP contribution in [0.4, 0.5) is 0 Å². The van der Waals surface area contributed by atoms with Crippen molar-refractivity contribution in [1.82, 2.24) is 15.5 Å². The minimum absolute atomic E-state index is 0.0135. The van der Waals surface area contributed by atoms with Crippen LogP contribution < -0.4 is 5.32 Å². The van der Waals surface area contributed by atoms with E-state index in [-0.39, 0.29) is 6.04 Å². The highest BCUT2D eigenvalue weighted by Gasteiger charge is 2.25. The number of hydrogen-bond acceptors (Lipinski definition) is 5. The molecule has 0 amide bonds. The second-order valence-electron chi connectivity index (χ2n) is 5.14. The molecule has 1 aliphatic heterocycles. The van der Waals surface area contributed by atoms with E-state index in [1.54, 1.807) is 11.3 Å². The predicted molar refractivity (Wildman–Crippen MR) is 81.4 cm³/mol. The molecular weight excluding hydrogens is 282 g/mol. The average Bonchev–Trinajstić information content (AvgIpc) is 3.19. The molecule has 0 saturated heterocycles. The standard InChI is InChI=1S/C16H15N3OS/c1-2-6-13-11(4-1)7-8-17-15(13)16-18-14(19-20-16)10-12-5-3-9-21-12/h1-6,9,15,17H,7-8,10H2. The van der Waals surface area contributed by atoms with Gasteiger partial charge in [0.1, 0.15) is 6.04 Å². The van der Waals surface area contributed by atoms with Gasteiger partial charge in [0.05, 0.1) is 0 Å². The molecule has 0 radical (unpaired) electrons. The van der Waals surface area contributed by atoms with Gasteiger partial charge in [-0.15, -0.1) is 11.3 Å². The zero-order valence-corrected chi connectivity index (χ0v) is 12.3. The molecule has 1 N–H and O–H groups in total. The first-order chi connectivity index (χ1) is 10.4. The van der Waals surface area contributed by atoms with Crippen molar-refractivity contribution in [3.8, 4) is 0 Å². The SMILES string of the molecule is c1csc(Cc2noc(C3NCCc4ccccc43)n2)c1. The van der Waals surface area contributed by atoms with Crippen LogP contribution in [-0.4, -0.2) is 16.7 Å². The minimum atomic E-state index is 0.0135. The monoisotopic (exact) mass is 297 g/mol. The Morgan fingerprint density at radius 1 is 1.24 bits per heavy atom. The number of aromatic nitrogens is 2. The molecule has 1 atom stereocenters. The Labute approximate surface area is 126 Å². The number of nitrogens with one attached hydrogen (secondary N) is 1. The van der Waals surface area contributed by atoms with Crippen LogP contribution in [0.15, 0.2) is 46.3 Å². The molecule has 4 rings (SSSR count). The first kappa shape index (κ1) is 12.7. The molecule has 2 aromatic heterocycles. The van der Waals surface area contributed by atoms with Crippen molar-refractivity contribution in [2.75, 3.05) is 6.54 Å². The first-order valence-corrected chi connectivity index (χ1v) is 7.94. The van der Waals surface area contributed by atoms with Crippen LogP contribution in [0.2, 0.25) is 0 Å². The lowest BCUT2D eigenvalue weighted by Gasteiger charge is -2.23. The van der Waals surface area contributed by atoms with Crippen molar-refractivity contribution >= 4 is 11.3 Å². The van der Waals surface area contributed by atoms with Crippen LogP contribution in [0.1, 0.15) is 33.8 Å². The molecule has 3 heterocycles. The van der Waals surface area contributed by atoms with Crippen molar-refractivity contribution in [3.05, 3.63) is 69.5 Å². The van der Waals surface area contributed by atoms with Gasteiger partial charge in [-0.1, -0.05) is 35.5 Å². The molecule has 0 bridgehead atoms. The van der Waals surface area contributed by atoms with E-state index in [2.05, 4.69) is 51.2 Å². The third-order valence-electron chi connectivity index (χ3n) is 3.75. The van der Waals surface area contributed by atoms with E-state index in [0.717, 1.165) is 25.2 Å². The van der Waals surface area contributed by atoms with E-state index in [4.69, 9.17) is 4.52 Å². The van der Waals surface area contributed by atoms with Gasteiger partial charge in [-0.2, -0.15) is 4.98 Å². The molecule has 0 fully saturated rings. The van der Waals surface area contributed by atoms with Crippen molar-refractivity contribution in [2.45, 2.75) is 18.9 Å². The third kappa shape index (κ3) is 2.50. The van der Waals surface area contributed by atoms with Gasteiger partial charge in [0.25, 0.3) is 0 Å². The van der Waals surface area contributed by atoms with Gasteiger partial charge in [-0.25, -0.2) is 0 Å². The van der Waals surface area contributed by atoms with Crippen molar-refractivity contribution < 1.29 is 4.52 Å². The summed E-state index contributed by atoms with van der Waals surface area (Å²) in [5.41, 5.74) is 2.61. The maximum atomic E-state index is 5.49. The summed E-state index contributed by atoms with van der Waals surface area (Å²) in [6, 6.07) is 12.6. The number of fused-ring (bicyclic) bond motifs is 1. The lowest BCUT2D eigenvalue weighted by molar-refractivity contribution is 0.341. The number of rotatable bonds is 3. The third-order valence-corrected chi connectivity index (χ3v) is 4.63. The fourth-order valence-corrected chi connectivity index (χ4v) is 3.45. The lowest BCUT2D eigenvalue weighted by atomic mass is 9.94. The van der Waals surface area contributed by atoms with Crippen LogP contribution in [0, 0.1) is 0 Å². The lowest BCUT2D eigenvalue weighted by Crippen LogP contribution is -2.30. The van der Waals surface area contributed by atoms with E-state index in [0.29, 0.717) is 5.89 Å². The Hall–Kier alpha value is -1.98. The average molecular weight is 297 g/mol. The van der Waals surface area contributed by atoms with Crippen LogP contribution in [0.25, 0.3) is 0 Å². The number of thiophene rings is 1. The van der Waals surface area contributed by atoms with Crippen LogP contribution in [0.5, 0.6) is 0 Å². The van der Waals surface area contributed by atoms with Gasteiger partial charge >= 0.3 is 0 Å². The maximum Gasteiger partial charge on any atom is 0.248 e. The molecule has 4 nitrogen and oxygen atoms in total. The zero-order chi connectivity index (χ0) is 14.1. The molecule has 5 heteroatoms.